The first-order valence-corrected chi connectivity index (χ1v) is 9.11. The van der Waals surface area contributed by atoms with E-state index >= 15 is 0 Å². The number of alkyl halides is 9. The Labute approximate surface area is 211 Å². The summed E-state index contributed by atoms with van der Waals surface area (Å²) in [7, 11) is 0. The molecule has 19 heteroatoms. The number of aryl methyl sites for hydroxylation is 1. The molecular formula is C19H6CuF13N3O2. The van der Waals surface area contributed by atoms with Crippen molar-refractivity contribution in [3.05, 3.63) is 69.2 Å². The molecule has 0 fully saturated rings. The molecule has 3 rings (SSSR count). The smallest absolute Gasteiger partial charge is 0.436 e. The molecule has 0 aliphatic heterocycles. The number of aromatic nitrogens is 3. The number of halogens is 13. The van der Waals surface area contributed by atoms with E-state index in [1.807, 2.05) is 0 Å². The van der Waals surface area contributed by atoms with E-state index in [1.165, 1.54) is 0 Å². The zero-order valence-corrected chi connectivity index (χ0v) is 18.5. The van der Waals surface area contributed by atoms with E-state index < -0.39 is 97.6 Å². The van der Waals surface area contributed by atoms with Crippen LogP contribution in [0, 0.1) is 30.3 Å². The number of rotatable bonds is 3. The minimum absolute atomic E-state index is 0. The molecule has 1 aromatic carbocycles. The van der Waals surface area contributed by atoms with Crippen molar-refractivity contribution in [2.75, 3.05) is 0 Å². The Balaban J connectivity index is 0.00000507. The normalized spacial score (nSPS) is 12.5. The van der Waals surface area contributed by atoms with E-state index in [1.54, 1.807) is 0 Å². The van der Waals surface area contributed by atoms with Crippen molar-refractivity contribution < 1.29 is 84.0 Å². The fourth-order valence-corrected chi connectivity index (χ4v) is 3.13. The Bertz CT molecular complexity index is 1390. The molecule has 0 bridgehead atoms. The number of carbonyl (C=O) groups is 1. The number of ketones is 1. The van der Waals surface area contributed by atoms with Crippen LogP contribution in [0.3, 0.4) is 0 Å². The zero-order chi connectivity index (χ0) is 28.4. The van der Waals surface area contributed by atoms with E-state index in [9.17, 15) is 67.0 Å². The third kappa shape index (κ3) is 5.29. The van der Waals surface area contributed by atoms with Crippen molar-refractivity contribution in [2.45, 2.75) is 25.5 Å². The van der Waals surface area contributed by atoms with Gasteiger partial charge in [-0.2, -0.15) is 58.1 Å². The molecular weight excluding hydrogens is 613 g/mol. The van der Waals surface area contributed by atoms with Gasteiger partial charge in [-0.1, -0.05) is 0 Å². The van der Waals surface area contributed by atoms with Gasteiger partial charge in [-0.05, 0) is 19.1 Å². The van der Waals surface area contributed by atoms with Crippen molar-refractivity contribution in [2.24, 2.45) is 0 Å². The maximum absolute atomic E-state index is 14.4. The van der Waals surface area contributed by atoms with Crippen LogP contribution in [0.1, 0.15) is 38.4 Å². The predicted octanol–water partition coefficient (Wildman–Crippen LogP) is 6.12. The van der Waals surface area contributed by atoms with Gasteiger partial charge in [0.15, 0.2) is 17.3 Å². The Morgan fingerprint density at radius 3 is 1.71 bits per heavy atom. The third-order valence-electron chi connectivity index (χ3n) is 4.70. The second kappa shape index (κ2) is 9.76. The van der Waals surface area contributed by atoms with Crippen LogP contribution in [0.5, 0.6) is 5.88 Å². The van der Waals surface area contributed by atoms with Gasteiger partial charge in [0.1, 0.15) is 17.1 Å². The Hall–Kier alpha value is -3.34. The number of pyridine rings is 1. The molecule has 0 saturated carbocycles. The van der Waals surface area contributed by atoms with Crippen LogP contribution in [0.15, 0.2) is 12.1 Å². The van der Waals surface area contributed by atoms with Crippen molar-refractivity contribution in [1.82, 2.24) is 14.8 Å². The first-order valence-electron chi connectivity index (χ1n) is 9.11. The predicted molar refractivity (Wildman–Crippen MR) is 92.5 cm³/mol. The van der Waals surface area contributed by atoms with Crippen molar-refractivity contribution >= 4 is 5.78 Å². The number of aromatic hydroxyl groups is 1. The van der Waals surface area contributed by atoms with Gasteiger partial charge >= 0.3 is 18.5 Å². The molecule has 0 unspecified atom stereocenters. The molecule has 0 aliphatic rings. The first kappa shape index (κ1) is 30.9. The van der Waals surface area contributed by atoms with Gasteiger partial charge in [0.05, 0.1) is 16.8 Å². The summed E-state index contributed by atoms with van der Waals surface area (Å²) in [6.45, 7) is 0.709. The van der Waals surface area contributed by atoms with Crippen LogP contribution in [0.25, 0.3) is 5.69 Å². The Morgan fingerprint density at radius 1 is 0.816 bits per heavy atom. The summed E-state index contributed by atoms with van der Waals surface area (Å²) in [5, 5.41) is 13.4. The van der Waals surface area contributed by atoms with Gasteiger partial charge in [0.25, 0.3) is 5.95 Å². The monoisotopic (exact) mass is 618 g/mol. The Kier molecular flexibility index (Phi) is 7.93. The molecule has 2 heterocycles. The molecule has 38 heavy (non-hydrogen) atoms. The maximum atomic E-state index is 14.4. The molecule has 1 radical (unpaired) electrons. The largest absolute Gasteiger partial charge is 0.493 e. The van der Waals surface area contributed by atoms with Gasteiger partial charge < -0.3 is 5.11 Å². The topological polar surface area (TPSA) is 68.0 Å². The zero-order valence-electron chi connectivity index (χ0n) is 17.6. The summed E-state index contributed by atoms with van der Waals surface area (Å²) in [4.78, 5) is 14.8. The molecule has 0 amide bonds. The van der Waals surface area contributed by atoms with E-state index in [0.717, 1.165) is 0 Å². The molecule has 211 valence electrons. The number of benzene rings is 1. The van der Waals surface area contributed by atoms with Crippen LogP contribution in [0.2, 0.25) is 0 Å². The summed E-state index contributed by atoms with van der Waals surface area (Å²) >= 11 is 0. The van der Waals surface area contributed by atoms with Gasteiger partial charge in [0.2, 0.25) is 11.7 Å². The molecule has 1 N–H and O–H groups in total. The van der Waals surface area contributed by atoms with Crippen molar-refractivity contribution in [1.29, 1.82) is 0 Å². The minimum atomic E-state index is -5.75. The summed E-state index contributed by atoms with van der Waals surface area (Å²) < 4.78 is 173. The number of nitrogens with zero attached hydrogens (tertiary/aromatic N) is 3. The minimum Gasteiger partial charge on any atom is -0.493 e. The van der Waals surface area contributed by atoms with E-state index in [4.69, 9.17) is 0 Å². The van der Waals surface area contributed by atoms with Gasteiger partial charge in [0, 0.05) is 22.6 Å². The number of hydrogen-bond acceptors (Lipinski definition) is 4. The summed E-state index contributed by atoms with van der Waals surface area (Å²) in [6, 6.07) is -0.726. The average Bonchev–Trinajstić information content (AvgIpc) is 3.01. The van der Waals surface area contributed by atoms with Crippen LogP contribution >= 0.6 is 0 Å². The average molecular weight is 619 g/mol. The van der Waals surface area contributed by atoms with Crippen molar-refractivity contribution in [3.8, 4) is 11.6 Å². The van der Waals surface area contributed by atoms with E-state index in [-0.39, 0.29) is 29.2 Å². The molecule has 0 spiro atoms. The molecule has 0 saturated heterocycles. The summed E-state index contributed by atoms with van der Waals surface area (Å²) in [5.74, 6) is -14.2. The van der Waals surface area contributed by atoms with Gasteiger partial charge in [-0.25, -0.2) is 13.8 Å². The van der Waals surface area contributed by atoms with Crippen LogP contribution in [0.4, 0.5) is 57.1 Å². The van der Waals surface area contributed by atoms with Crippen LogP contribution in [-0.4, -0.2) is 25.7 Å². The van der Waals surface area contributed by atoms with E-state index in [2.05, 4.69) is 10.1 Å². The standard InChI is InChI=1S/C19H6F13N3O2.Cu/c1-4-8(13(36)5-2-6(17(24,25)26)9(20)7(3-5)18(27,28)29)16(37)35(34-4)12-10(21)14(19(30,31)32)33-15(23)11(12)22;/h2-3,37H,1H3;. The number of hydrogen-bond donors (Lipinski definition) is 1. The summed E-state index contributed by atoms with van der Waals surface area (Å²) in [5.41, 5.74) is -13.6. The SMILES string of the molecule is Cc1nn(-c2c(F)c(F)nc(C(F)(F)F)c2F)c(O)c1C(=O)c1cc(C(F)(F)F)c(F)c(C(F)(F)F)c1.[Cu]. The van der Waals surface area contributed by atoms with Crippen LogP contribution in [-0.2, 0) is 35.6 Å². The third-order valence-corrected chi connectivity index (χ3v) is 4.70. The molecule has 0 aliphatic carbocycles. The maximum Gasteiger partial charge on any atom is 0.436 e. The second-order valence-corrected chi connectivity index (χ2v) is 7.13. The van der Waals surface area contributed by atoms with Crippen molar-refractivity contribution in [3.63, 3.8) is 0 Å². The molecule has 2 aromatic heterocycles. The fraction of sp³-hybridized carbons (Fsp3) is 0.211. The first-order chi connectivity index (χ1) is 16.7. The number of carbonyl (C=O) groups excluding carboxylic acids is 1. The van der Waals surface area contributed by atoms with E-state index in [0.29, 0.717) is 6.92 Å². The van der Waals surface area contributed by atoms with Crippen LogP contribution < -0.4 is 0 Å². The quantitative estimate of drug-likeness (QED) is 0.166. The Morgan fingerprint density at radius 2 is 1.29 bits per heavy atom. The van der Waals surface area contributed by atoms with Gasteiger partial charge in [-0.15, -0.1) is 0 Å². The molecule has 3 aromatic rings. The second-order valence-electron chi connectivity index (χ2n) is 7.13. The molecule has 0 atom stereocenters. The molecule has 5 nitrogen and oxygen atoms in total. The summed E-state index contributed by atoms with van der Waals surface area (Å²) in [6.07, 6.45) is -17.2. The fourth-order valence-electron chi connectivity index (χ4n) is 3.13. The van der Waals surface area contributed by atoms with Gasteiger partial charge in [-0.3, -0.25) is 4.79 Å².